The number of piperidine rings is 1. The first-order valence-electron chi connectivity index (χ1n) is 8.88. The van der Waals surface area contributed by atoms with Crippen LogP contribution in [0.1, 0.15) is 31.0 Å². The van der Waals surface area contributed by atoms with Gasteiger partial charge in [0, 0.05) is 42.8 Å². The summed E-state index contributed by atoms with van der Waals surface area (Å²) in [5, 5.41) is 0. The Labute approximate surface area is 151 Å². The Bertz CT molecular complexity index is 835. The van der Waals surface area contributed by atoms with Crippen molar-refractivity contribution in [2.75, 3.05) is 13.1 Å². The highest BCUT2D eigenvalue weighted by Gasteiger charge is 2.31. The predicted octanol–water partition coefficient (Wildman–Crippen LogP) is 0.664. The molecule has 3 rings (SSSR count). The third-order valence-electron chi connectivity index (χ3n) is 5.01. The molecule has 138 valence electrons. The van der Waals surface area contributed by atoms with Gasteiger partial charge < -0.3 is 15.6 Å². The van der Waals surface area contributed by atoms with Gasteiger partial charge in [-0.2, -0.15) is 0 Å². The van der Waals surface area contributed by atoms with E-state index in [0.717, 1.165) is 12.8 Å². The normalized spacial score (nSPS) is 20.2. The summed E-state index contributed by atoms with van der Waals surface area (Å²) in [6.45, 7) is 4.96. The van der Waals surface area contributed by atoms with Crippen molar-refractivity contribution in [3.8, 4) is 11.6 Å². The number of carbonyl (C=O) groups is 1. The molecule has 1 amide bonds. The number of likely N-dealkylation sites (tertiary alicyclic amines) is 1. The Morgan fingerprint density at radius 3 is 2.77 bits per heavy atom. The molecule has 8 heteroatoms. The smallest absolute Gasteiger partial charge is 0.255 e. The fourth-order valence-corrected chi connectivity index (χ4v) is 3.52. The Balaban J connectivity index is 1.84. The van der Waals surface area contributed by atoms with E-state index in [-0.39, 0.29) is 23.9 Å². The summed E-state index contributed by atoms with van der Waals surface area (Å²) in [6, 6.07) is 1.72. The second kappa shape index (κ2) is 7.74. The Hall–Kier alpha value is -2.61. The predicted molar refractivity (Wildman–Crippen MR) is 97.3 cm³/mol. The first-order valence-corrected chi connectivity index (χ1v) is 8.88. The van der Waals surface area contributed by atoms with E-state index in [0.29, 0.717) is 41.9 Å². The molecule has 0 aromatic carbocycles. The van der Waals surface area contributed by atoms with Gasteiger partial charge in [-0.3, -0.25) is 9.59 Å². The number of aryl methyl sites for hydroxylation is 1. The van der Waals surface area contributed by atoms with E-state index in [4.69, 9.17) is 5.73 Å². The van der Waals surface area contributed by atoms with Crippen LogP contribution in [0, 0.1) is 12.8 Å². The van der Waals surface area contributed by atoms with Gasteiger partial charge in [-0.25, -0.2) is 15.0 Å². The molecule has 2 atom stereocenters. The van der Waals surface area contributed by atoms with E-state index in [1.165, 1.54) is 0 Å². The molecule has 2 aromatic heterocycles. The van der Waals surface area contributed by atoms with Crippen LogP contribution >= 0.6 is 0 Å². The van der Waals surface area contributed by atoms with Crippen LogP contribution in [0.5, 0.6) is 0 Å². The highest BCUT2D eigenvalue weighted by atomic mass is 16.2. The zero-order valence-electron chi connectivity index (χ0n) is 15.1. The van der Waals surface area contributed by atoms with Crippen LogP contribution in [0.15, 0.2) is 23.3 Å². The van der Waals surface area contributed by atoms with Gasteiger partial charge in [0.25, 0.3) is 5.56 Å². The number of H-pyrrole nitrogens is 1. The van der Waals surface area contributed by atoms with E-state index in [1.54, 1.807) is 25.4 Å². The van der Waals surface area contributed by atoms with Crippen LogP contribution in [0.2, 0.25) is 0 Å². The summed E-state index contributed by atoms with van der Waals surface area (Å²) in [5.74, 6) is 0.938. The Morgan fingerprint density at radius 1 is 1.38 bits per heavy atom. The first-order chi connectivity index (χ1) is 12.5. The quantitative estimate of drug-likeness (QED) is 0.831. The lowest BCUT2D eigenvalue weighted by Crippen LogP contribution is -2.52. The minimum absolute atomic E-state index is 0.0211. The number of rotatable bonds is 4. The second-order valence-corrected chi connectivity index (χ2v) is 6.74. The molecular formula is C18H24N6O2. The van der Waals surface area contributed by atoms with E-state index >= 15 is 0 Å². The SMILES string of the molecule is Cc1nc(-c2ncccn2)[nH]c(=O)c1CC(=O)N1CCCC(C)C1CN. The number of carbonyl (C=O) groups excluding carboxylic acids is 1. The maximum atomic E-state index is 12.8. The van der Waals surface area contributed by atoms with E-state index in [9.17, 15) is 9.59 Å². The highest BCUT2D eigenvalue weighted by molar-refractivity contribution is 5.79. The van der Waals surface area contributed by atoms with Crippen LogP contribution in [-0.2, 0) is 11.2 Å². The lowest BCUT2D eigenvalue weighted by Gasteiger charge is -2.39. The number of hydrogen-bond donors (Lipinski definition) is 2. The van der Waals surface area contributed by atoms with Crippen molar-refractivity contribution < 1.29 is 4.79 Å². The van der Waals surface area contributed by atoms with Crippen molar-refractivity contribution in [3.63, 3.8) is 0 Å². The number of aromatic amines is 1. The molecule has 0 spiro atoms. The summed E-state index contributed by atoms with van der Waals surface area (Å²) in [5.41, 5.74) is 6.43. The molecule has 2 aromatic rings. The lowest BCUT2D eigenvalue weighted by molar-refractivity contribution is -0.135. The highest BCUT2D eigenvalue weighted by Crippen LogP contribution is 2.23. The Kier molecular flexibility index (Phi) is 5.41. The molecule has 8 nitrogen and oxygen atoms in total. The first kappa shape index (κ1) is 18.2. The van der Waals surface area contributed by atoms with Crippen molar-refractivity contribution in [3.05, 3.63) is 40.1 Å². The fraction of sp³-hybridized carbons (Fsp3) is 0.500. The van der Waals surface area contributed by atoms with Crippen molar-refractivity contribution in [1.29, 1.82) is 0 Å². The van der Waals surface area contributed by atoms with Crippen LogP contribution < -0.4 is 11.3 Å². The largest absolute Gasteiger partial charge is 0.338 e. The molecule has 3 N–H and O–H groups in total. The van der Waals surface area contributed by atoms with Crippen LogP contribution in [0.4, 0.5) is 0 Å². The van der Waals surface area contributed by atoms with Gasteiger partial charge in [0.2, 0.25) is 5.91 Å². The molecule has 0 aliphatic carbocycles. The standard InChI is InChI=1S/C18H24N6O2/c1-11-5-3-8-24(14(11)10-19)15(25)9-13-12(2)22-17(23-18(13)26)16-20-6-4-7-21-16/h4,6-7,11,14H,3,5,8-10,19H2,1-2H3,(H,22,23,26). The van der Waals surface area contributed by atoms with Crippen molar-refractivity contribution in [2.45, 2.75) is 39.2 Å². The number of amides is 1. The molecule has 1 aliphatic heterocycles. The summed E-state index contributed by atoms with van der Waals surface area (Å²) >= 11 is 0. The van der Waals surface area contributed by atoms with Gasteiger partial charge in [0.15, 0.2) is 11.6 Å². The maximum absolute atomic E-state index is 12.8. The molecular weight excluding hydrogens is 332 g/mol. The second-order valence-electron chi connectivity index (χ2n) is 6.74. The molecule has 2 unspecified atom stereocenters. The number of nitrogens with zero attached hydrogens (tertiary/aromatic N) is 4. The van der Waals surface area contributed by atoms with E-state index in [1.807, 2.05) is 4.90 Å². The van der Waals surface area contributed by atoms with Gasteiger partial charge >= 0.3 is 0 Å². The molecule has 1 fully saturated rings. The van der Waals surface area contributed by atoms with E-state index in [2.05, 4.69) is 26.9 Å². The van der Waals surface area contributed by atoms with Crippen LogP contribution in [-0.4, -0.2) is 49.9 Å². The van der Waals surface area contributed by atoms with Gasteiger partial charge in [-0.15, -0.1) is 0 Å². The third kappa shape index (κ3) is 3.65. The minimum Gasteiger partial charge on any atom is -0.338 e. The zero-order valence-corrected chi connectivity index (χ0v) is 15.1. The fourth-order valence-electron chi connectivity index (χ4n) is 3.52. The van der Waals surface area contributed by atoms with Gasteiger partial charge in [0.05, 0.1) is 6.42 Å². The topological polar surface area (TPSA) is 118 Å². The number of nitrogens with one attached hydrogen (secondary N) is 1. The molecule has 1 aliphatic rings. The molecule has 0 bridgehead atoms. The zero-order chi connectivity index (χ0) is 18.7. The average molecular weight is 356 g/mol. The van der Waals surface area contributed by atoms with E-state index < -0.39 is 0 Å². The maximum Gasteiger partial charge on any atom is 0.255 e. The molecule has 1 saturated heterocycles. The van der Waals surface area contributed by atoms with Crippen LogP contribution in [0.3, 0.4) is 0 Å². The van der Waals surface area contributed by atoms with Crippen LogP contribution in [0.25, 0.3) is 11.6 Å². The third-order valence-corrected chi connectivity index (χ3v) is 5.01. The summed E-state index contributed by atoms with van der Waals surface area (Å²) in [4.78, 5) is 42.4. The monoisotopic (exact) mass is 356 g/mol. The lowest BCUT2D eigenvalue weighted by atomic mass is 9.90. The van der Waals surface area contributed by atoms with Crippen molar-refractivity contribution >= 4 is 5.91 Å². The molecule has 3 heterocycles. The average Bonchev–Trinajstić information content (AvgIpc) is 2.64. The molecule has 26 heavy (non-hydrogen) atoms. The number of aromatic nitrogens is 4. The van der Waals surface area contributed by atoms with Gasteiger partial charge in [-0.05, 0) is 31.7 Å². The Morgan fingerprint density at radius 2 is 2.12 bits per heavy atom. The van der Waals surface area contributed by atoms with Crippen molar-refractivity contribution in [1.82, 2.24) is 24.8 Å². The summed E-state index contributed by atoms with van der Waals surface area (Å²) < 4.78 is 0. The molecule has 0 radical (unpaired) electrons. The molecule has 0 saturated carbocycles. The number of hydrogen-bond acceptors (Lipinski definition) is 6. The van der Waals surface area contributed by atoms with Gasteiger partial charge in [0.1, 0.15) is 0 Å². The number of nitrogens with two attached hydrogens (primary N) is 1. The summed E-state index contributed by atoms with van der Waals surface area (Å²) in [7, 11) is 0. The van der Waals surface area contributed by atoms with Crippen molar-refractivity contribution in [2.24, 2.45) is 11.7 Å². The summed E-state index contributed by atoms with van der Waals surface area (Å²) in [6.07, 6.45) is 5.21. The minimum atomic E-state index is -0.331. The van der Waals surface area contributed by atoms with Gasteiger partial charge in [-0.1, -0.05) is 6.92 Å².